The molecule has 0 radical (unpaired) electrons. The molecule has 2 aliphatic rings. The molecule has 0 N–H and O–H groups in total. The van der Waals surface area contributed by atoms with Crippen LogP contribution in [0.4, 0.5) is 0 Å². The predicted octanol–water partition coefficient (Wildman–Crippen LogP) is 2.70. The summed E-state index contributed by atoms with van der Waals surface area (Å²) in [4.78, 5) is 24.8. The van der Waals surface area contributed by atoms with E-state index in [4.69, 9.17) is 9.47 Å². The average molecular weight is 300 g/mol. The lowest BCUT2D eigenvalue weighted by Gasteiger charge is -2.39. The molecule has 22 heavy (non-hydrogen) atoms. The third-order valence-electron chi connectivity index (χ3n) is 4.51. The first-order chi connectivity index (χ1) is 10.7. The van der Waals surface area contributed by atoms with E-state index in [0.29, 0.717) is 13.2 Å². The quantitative estimate of drug-likeness (QED) is 0.636. The molecule has 0 bridgehead atoms. The van der Waals surface area contributed by atoms with Crippen LogP contribution in [0.5, 0.6) is 0 Å². The topological polar surface area (TPSA) is 52.6 Å². The van der Waals surface area contributed by atoms with Crippen LogP contribution in [0.2, 0.25) is 0 Å². The first-order valence-electron chi connectivity index (χ1n) is 7.79. The van der Waals surface area contributed by atoms with Crippen LogP contribution in [0.3, 0.4) is 0 Å². The Hall–Kier alpha value is -2.10. The Balaban J connectivity index is 2.00. The first kappa shape index (κ1) is 14.8. The smallest absolute Gasteiger partial charge is 0.310 e. The van der Waals surface area contributed by atoms with Gasteiger partial charge in [0.25, 0.3) is 0 Å². The van der Waals surface area contributed by atoms with Crippen LogP contribution in [0.25, 0.3) is 0 Å². The van der Waals surface area contributed by atoms with Crippen LogP contribution in [-0.2, 0) is 19.1 Å². The van der Waals surface area contributed by atoms with Gasteiger partial charge in [0.15, 0.2) is 0 Å². The number of cyclic esters (lactones) is 1. The van der Waals surface area contributed by atoms with Gasteiger partial charge >= 0.3 is 11.9 Å². The Bertz CT molecular complexity index is 578. The molecule has 1 aromatic carbocycles. The summed E-state index contributed by atoms with van der Waals surface area (Å²) in [5, 5.41) is 0. The lowest BCUT2D eigenvalue weighted by molar-refractivity contribution is -0.168. The Morgan fingerprint density at radius 3 is 2.77 bits per heavy atom. The van der Waals surface area contributed by atoms with Crippen LogP contribution >= 0.6 is 0 Å². The highest BCUT2D eigenvalue weighted by molar-refractivity contribution is 5.84. The molecular formula is C18H20O4. The third kappa shape index (κ3) is 2.65. The number of carbonyl (C=O) groups is 2. The van der Waals surface area contributed by atoms with Gasteiger partial charge in [0.05, 0.1) is 25.0 Å². The average Bonchev–Trinajstić information content (AvgIpc) is 2.55. The van der Waals surface area contributed by atoms with Crippen LogP contribution in [-0.4, -0.2) is 25.2 Å². The summed E-state index contributed by atoms with van der Waals surface area (Å²) in [5.74, 6) is -1.62. The number of esters is 2. The second-order valence-electron chi connectivity index (χ2n) is 5.75. The van der Waals surface area contributed by atoms with Crippen LogP contribution in [0.1, 0.15) is 24.8 Å². The van der Waals surface area contributed by atoms with Gasteiger partial charge in [-0.05, 0) is 24.8 Å². The highest BCUT2D eigenvalue weighted by Crippen LogP contribution is 2.44. The van der Waals surface area contributed by atoms with Crippen molar-refractivity contribution in [2.24, 2.45) is 17.8 Å². The number of carbonyl (C=O) groups excluding carboxylic acids is 2. The van der Waals surface area contributed by atoms with Crippen LogP contribution in [0, 0.1) is 17.8 Å². The number of allylic oxidation sites excluding steroid dienone is 2. The molecule has 1 aliphatic carbocycles. The molecule has 4 nitrogen and oxygen atoms in total. The Labute approximate surface area is 130 Å². The summed E-state index contributed by atoms with van der Waals surface area (Å²) in [6, 6.07) is 9.78. The van der Waals surface area contributed by atoms with Crippen molar-refractivity contribution in [1.29, 1.82) is 0 Å². The normalized spacial score (nSPS) is 30.3. The number of benzene rings is 1. The standard InChI is InChI=1S/C18H20O4/c1-2-21-18(20)16-14(12-6-4-3-5-7-12)9-8-13-10-11-22-17(19)15(13)16/h3-9,13-16H,2,10-11H2,1H3/t13-,14+,15-,16-/m0/s1. The summed E-state index contributed by atoms with van der Waals surface area (Å²) in [6.45, 7) is 2.52. The maximum absolute atomic E-state index is 12.5. The second-order valence-corrected chi connectivity index (χ2v) is 5.75. The molecule has 1 aliphatic heterocycles. The second kappa shape index (κ2) is 6.34. The predicted molar refractivity (Wildman–Crippen MR) is 81.0 cm³/mol. The van der Waals surface area contributed by atoms with Gasteiger partial charge in [-0.2, -0.15) is 0 Å². The lowest BCUT2D eigenvalue weighted by Crippen LogP contribution is -2.45. The molecule has 1 heterocycles. The van der Waals surface area contributed by atoms with Gasteiger partial charge in [-0.15, -0.1) is 0 Å². The zero-order chi connectivity index (χ0) is 15.5. The van der Waals surface area contributed by atoms with Crippen molar-refractivity contribution in [2.75, 3.05) is 13.2 Å². The molecule has 3 rings (SSSR count). The maximum atomic E-state index is 12.5. The fourth-order valence-corrected chi connectivity index (χ4v) is 3.51. The maximum Gasteiger partial charge on any atom is 0.310 e. The van der Waals surface area contributed by atoms with Crippen molar-refractivity contribution in [3.05, 3.63) is 48.0 Å². The Morgan fingerprint density at radius 2 is 2.05 bits per heavy atom. The van der Waals surface area contributed by atoms with E-state index in [1.54, 1.807) is 6.92 Å². The van der Waals surface area contributed by atoms with E-state index in [-0.39, 0.29) is 23.8 Å². The van der Waals surface area contributed by atoms with Crippen LogP contribution < -0.4 is 0 Å². The Kier molecular flexibility index (Phi) is 4.27. The molecule has 0 spiro atoms. The van der Waals surface area contributed by atoms with Gasteiger partial charge in [-0.3, -0.25) is 9.59 Å². The minimum atomic E-state index is -0.509. The lowest BCUT2D eigenvalue weighted by atomic mass is 9.67. The zero-order valence-electron chi connectivity index (χ0n) is 12.6. The van der Waals surface area contributed by atoms with Crippen molar-refractivity contribution in [1.82, 2.24) is 0 Å². The molecule has 4 heteroatoms. The number of fused-ring (bicyclic) bond motifs is 1. The highest BCUT2D eigenvalue weighted by Gasteiger charge is 2.48. The third-order valence-corrected chi connectivity index (χ3v) is 4.51. The van der Waals surface area contributed by atoms with E-state index >= 15 is 0 Å². The summed E-state index contributed by atoms with van der Waals surface area (Å²) >= 11 is 0. The number of ether oxygens (including phenoxy) is 2. The first-order valence-corrected chi connectivity index (χ1v) is 7.79. The van der Waals surface area contributed by atoms with Crippen molar-refractivity contribution in [3.8, 4) is 0 Å². The zero-order valence-corrected chi connectivity index (χ0v) is 12.6. The molecule has 0 unspecified atom stereocenters. The SMILES string of the molecule is CCOC(=O)[C@@H]1[C@H]2C(=O)OCC[C@@H]2C=C[C@@H]1c1ccccc1. The van der Waals surface area contributed by atoms with Gasteiger partial charge < -0.3 is 9.47 Å². The number of hydrogen-bond acceptors (Lipinski definition) is 4. The Morgan fingerprint density at radius 1 is 1.27 bits per heavy atom. The van der Waals surface area contributed by atoms with E-state index < -0.39 is 11.8 Å². The summed E-state index contributed by atoms with van der Waals surface area (Å²) < 4.78 is 10.5. The molecule has 0 saturated carbocycles. The molecule has 1 saturated heterocycles. The number of rotatable bonds is 3. The highest BCUT2D eigenvalue weighted by atomic mass is 16.5. The van der Waals surface area contributed by atoms with Gasteiger partial charge in [0.1, 0.15) is 0 Å². The largest absolute Gasteiger partial charge is 0.466 e. The molecule has 0 aromatic heterocycles. The van der Waals surface area contributed by atoms with Gasteiger partial charge in [-0.25, -0.2) is 0 Å². The van der Waals surface area contributed by atoms with E-state index in [2.05, 4.69) is 12.2 Å². The minimum absolute atomic E-state index is 0.0654. The van der Waals surface area contributed by atoms with Crippen molar-refractivity contribution in [3.63, 3.8) is 0 Å². The molecule has 1 fully saturated rings. The molecule has 1 aromatic rings. The number of hydrogen-bond donors (Lipinski definition) is 0. The monoisotopic (exact) mass is 300 g/mol. The molecule has 4 atom stereocenters. The van der Waals surface area contributed by atoms with Crippen molar-refractivity contribution < 1.29 is 19.1 Å². The minimum Gasteiger partial charge on any atom is -0.466 e. The molecule has 116 valence electrons. The summed E-state index contributed by atoms with van der Waals surface area (Å²) in [7, 11) is 0. The van der Waals surface area contributed by atoms with Crippen molar-refractivity contribution in [2.45, 2.75) is 19.3 Å². The summed E-state index contributed by atoms with van der Waals surface area (Å²) in [5.41, 5.74) is 1.02. The van der Waals surface area contributed by atoms with Gasteiger partial charge in [-0.1, -0.05) is 42.5 Å². The van der Waals surface area contributed by atoms with Crippen LogP contribution in [0.15, 0.2) is 42.5 Å². The van der Waals surface area contributed by atoms with E-state index in [1.165, 1.54) is 0 Å². The fraction of sp³-hybridized carbons (Fsp3) is 0.444. The molecule has 0 amide bonds. The summed E-state index contributed by atoms with van der Waals surface area (Å²) in [6.07, 6.45) is 4.89. The fourth-order valence-electron chi connectivity index (χ4n) is 3.51. The molecular weight excluding hydrogens is 280 g/mol. The van der Waals surface area contributed by atoms with Crippen molar-refractivity contribution >= 4 is 11.9 Å². The van der Waals surface area contributed by atoms with Gasteiger partial charge in [0, 0.05) is 5.92 Å². The van der Waals surface area contributed by atoms with E-state index in [0.717, 1.165) is 12.0 Å². The van der Waals surface area contributed by atoms with E-state index in [9.17, 15) is 9.59 Å². The van der Waals surface area contributed by atoms with E-state index in [1.807, 2.05) is 30.3 Å². The van der Waals surface area contributed by atoms with Gasteiger partial charge in [0.2, 0.25) is 0 Å².